The largest absolute Gasteiger partial charge is 0.522 e. The van der Waals surface area contributed by atoms with Gasteiger partial charge in [-0.1, -0.05) is 69.3 Å². The first-order chi connectivity index (χ1) is 13.3. The topological polar surface area (TPSA) is 24.8 Å². The summed E-state index contributed by atoms with van der Waals surface area (Å²) in [6.45, 7) is 19.7. The van der Waals surface area contributed by atoms with Crippen molar-refractivity contribution in [1.29, 1.82) is 0 Å². The summed E-state index contributed by atoms with van der Waals surface area (Å²) in [7, 11) is 0.122. The van der Waals surface area contributed by atoms with Crippen LogP contribution in [0.5, 0.6) is 5.75 Å². The van der Waals surface area contributed by atoms with Crippen molar-refractivity contribution >= 4 is 15.8 Å². The van der Waals surface area contributed by atoms with Crippen LogP contribution in [0.1, 0.15) is 73.4 Å². The van der Waals surface area contributed by atoms with E-state index < -0.39 is 0 Å². The van der Waals surface area contributed by atoms with E-state index in [0.29, 0.717) is 0 Å². The number of benzene rings is 2. The Labute approximate surface area is 180 Å². The van der Waals surface area contributed by atoms with Crippen LogP contribution in [0.2, 0.25) is 0 Å². The third kappa shape index (κ3) is 6.74. The maximum atomic E-state index is 6.44. The quantitative estimate of drug-likeness (QED) is 0.340. The molecule has 0 aliphatic carbocycles. The van der Waals surface area contributed by atoms with E-state index in [-0.39, 0.29) is 26.4 Å². The highest BCUT2D eigenvalue weighted by atomic mass is 28.2. The molecule has 2 radical (unpaired) electrons. The molecule has 0 fully saturated rings. The molecule has 0 aliphatic rings. The van der Waals surface area contributed by atoms with Gasteiger partial charge in [-0.25, -0.2) is 0 Å². The standard InChI is InChI=1S/C25H36N2OSi/c1-23(2,3)20-17-13-14-18-21(20)28-29-27(25(7,8)9)22(26-24(4,5)6)19-15-11-10-12-16-19/h10-18H,1-9H3. The van der Waals surface area contributed by atoms with E-state index in [2.05, 4.69) is 109 Å². The number of hydrogen-bond donors (Lipinski definition) is 0. The number of amidine groups is 1. The number of rotatable bonds is 4. The fourth-order valence-electron chi connectivity index (χ4n) is 2.92. The first-order valence-corrected chi connectivity index (χ1v) is 11.1. The second-order valence-corrected chi connectivity index (χ2v) is 11.3. The SMILES string of the molecule is CC(C)(C)N=C(c1ccccc1)N([Si]Oc1ccccc1C(C)(C)C)C(C)(C)C. The molecule has 0 unspecified atom stereocenters. The molecule has 0 N–H and O–H groups in total. The van der Waals surface area contributed by atoms with Crippen molar-refractivity contribution in [2.45, 2.75) is 78.8 Å². The van der Waals surface area contributed by atoms with Crippen LogP contribution in [0.25, 0.3) is 0 Å². The van der Waals surface area contributed by atoms with Gasteiger partial charge in [0, 0.05) is 11.1 Å². The normalized spacial score (nSPS) is 13.3. The molecule has 2 aromatic rings. The highest BCUT2D eigenvalue weighted by Gasteiger charge is 2.30. The maximum Gasteiger partial charge on any atom is 0.469 e. The molecule has 0 heterocycles. The minimum absolute atomic E-state index is 0.0232. The van der Waals surface area contributed by atoms with E-state index in [1.807, 2.05) is 12.1 Å². The zero-order valence-electron chi connectivity index (χ0n) is 19.5. The van der Waals surface area contributed by atoms with E-state index in [0.717, 1.165) is 17.1 Å². The molecule has 2 rings (SSSR count). The minimum Gasteiger partial charge on any atom is -0.522 e. The van der Waals surface area contributed by atoms with Gasteiger partial charge >= 0.3 is 9.92 Å². The monoisotopic (exact) mass is 408 g/mol. The summed E-state index contributed by atoms with van der Waals surface area (Å²) < 4.78 is 8.73. The van der Waals surface area contributed by atoms with Crippen molar-refractivity contribution < 1.29 is 4.43 Å². The fourth-order valence-corrected chi connectivity index (χ4v) is 3.82. The van der Waals surface area contributed by atoms with Crippen molar-refractivity contribution in [2.75, 3.05) is 0 Å². The third-order valence-corrected chi connectivity index (χ3v) is 5.67. The zero-order chi connectivity index (χ0) is 21.9. The molecule has 0 atom stereocenters. The molecule has 0 aliphatic heterocycles. The lowest BCUT2D eigenvalue weighted by molar-refractivity contribution is 0.326. The van der Waals surface area contributed by atoms with Crippen LogP contribution in [0.4, 0.5) is 0 Å². The minimum atomic E-state index is -0.192. The van der Waals surface area contributed by atoms with Crippen molar-refractivity contribution in [2.24, 2.45) is 4.99 Å². The number of hydrogen-bond acceptors (Lipinski definition) is 2. The predicted octanol–water partition coefficient (Wildman–Crippen LogP) is 6.24. The second-order valence-electron chi connectivity index (χ2n) is 10.4. The van der Waals surface area contributed by atoms with Gasteiger partial charge in [-0.05, 0) is 58.6 Å². The van der Waals surface area contributed by atoms with Crippen LogP contribution < -0.4 is 4.43 Å². The van der Waals surface area contributed by atoms with Gasteiger partial charge in [0.1, 0.15) is 11.6 Å². The maximum absolute atomic E-state index is 6.44. The van der Waals surface area contributed by atoms with Crippen LogP contribution in [0, 0.1) is 0 Å². The highest BCUT2D eigenvalue weighted by Crippen LogP contribution is 2.31. The third-order valence-electron chi connectivity index (χ3n) is 4.30. The molecular weight excluding hydrogens is 372 g/mol. The van der Waals surface area contributed by atoms with E-state index in [1.165, 1.54) is 5.56 Å². The lowest BCUT2D eigenvalue weighted by Gasteiger charge is -2.38. The van der Waals surface area contributed by atoms with Crippen LogP contribution in [0.15, 0.2) is 59.6 Å². The van der Waals surface area contributed by atoms with Crippen LogP contribution in [-0.4, -0.2) is 31.4 Å². The molecule has 3 nitrogen and oxygen atoms in total. The van der Waals surface area contributed by atoms with Crippen molar-refractivity contribution in [3.05, 3.63) is 65.7 Å². The summed E-state index contributed by atoms with van der Waals surface area (Å²) in [5, 5.41) is 0. The molecule has 0 aromatic heterocycles. The molecule has 4 heteroatoms. The predicted molar refractivity (Wildman–Crippen MR) is 126 cm³/mol. The van der Waals surface area contributed by atoms with E-state index in [4.69, 9.17) is 9.42 Å². The van der Waals surface area contributed by atoms with Crippen LogP contribution in [-0.2, 0) is 5.41 Å². The highest BCUT2D eigenvalue weighted by molar-refractivity contribution is 6.33. The molecular formula is C25H36N2OSi. The van der Waals surface area contributed by atoms with Gasteiger partial charge in [0.2, 0.25) is 0 Å². The summed E-state index contributed by atoms with van der Waals surface area (Å²) in [6, 6.07) is 18.7. The Morgan fingerprint density at radius 1 is 0.793 bits per heavy atom. The molecule has 0 saturated heterocycles. The average molecular weight is 409 g/mol. The zero-order valence-corrected chi connectivity index (χ0v) is 20.5. The summed E-state index contributed by atoms with van der Waals surface area (Å²) in [5.74, 6) is 1.91. The van der Waals surface area contributed by atoms with Gasteiger partial charge in [0.15, 0.2) is 0 Å². The lowest BCUT2D eigenvalue weighted by atomic mass is 9.86. The van der Waals surface area contributed by atoms with Crippen molar-refractivity contribution in [3.8, 4) is 5.75 Å². The Kier molecular flexibility index (Phi) is 7.00. The molecule has 29 heavy (non-hydrogen) atoms. The molecule has 0 saturated carbocycles. The summed E-state index contributed by atoms with van der Waals surface area (Å²) in [5.41, 5.74) is 2.01. The Hall–Kier alpha value is -2.07. The van der Waals surface area contributed by atoms with Crippen LogP contribution >= 0.6 is 0 Å². The first-order valence-electron chi connectivity index (χ1n) is 10.3. The Morgan fingerprint density at radius 2 is 1.34 bits per heavy atom. The Bertz CT molecular complexity index is 824. The van der Waals surface area contributed by atoms with Crippen molar-refractivity contribution in [1.82, 2.24) is 4.57 Å². The molecule has 0 bridgehead atoms. The smallest absolute Gasteiger partial charge is 0.469 e. The van der Waals surface area contributed by atoms with E-state index >= 15 is 0 Å². The summed E-state index contributed by atoms with van der Waals surface area (Å²) in [6.07, 6.45) is 0. The van der Waals surface area contributed by atoms with E-state index in [1.54, 1.807) is 0 Å². The number of nitrogens with zero attached hydrogens (tertiary/aromatic N) is 2. The van der Waals surface area contributed by atoms with Crippen molar-refractivity contribution in [3.63, 3.8) is 0 Å². The Morgan fingerprint density at radius 3 is 1.86 bits per heavy atom. The van der Waals surface area contributed by atoms with E-state index in [9.17, 15) is 0 Å². The lowest BCUT2D eigenvalue weighted by Crippen LogP contribution is -2.51. The summed E-state index contributed by atoms with van der Waals surface area (Å²) >= 11 is 0. The van der Waals surface area contributed by atoms with Crippen LogP contribution in [0.3, 0.4) is 0 Å². The van der Waals surface area contributed by atoms with Gasteiger partial charge in [-0.3, -0.25) is 4.99 Å². The molecule has 0 amide bonds. The summed E-state index contributed by atoms with van der Waals surface area (Å²) in [4.78, 5) is 5.10. The van der Waals surface area contributed by atoms with Gasteiger partial charge in [-0.2, -0.15) is 0 Å². The Balaban J connectivity index is 2.45. The number of aliphatic imine (C=N–C) groups is 1. The van der Waals surface area contributed by atoms with Gasteiger partial charge < -0.3 is 8.99 Å². The first kappa shape index (κ1) is 23.2. The second kappa shape index (κ2) is 8.74. The average Bonchev–Trinajstić information content (AvgIpc) is 2.59. The van der Waals surface area contributed by atoms with Gasteiger partial charge in [-0.15, -0.1) is 0 Å². The van der Waals surface area contributed by atoms with Gasteiger partial charge in [0.05, 0.1) is 5.54 Å². The molecule has 156 valence electrons. The number of para-hydroxylation sites is 1. The van der Waals surface area contributed by atoms with Gasteiger partial charge in [0.25, 0.3) is 0 Å². The molecule has 2 aromatic carbocycles. The fraction of sp³-hybridized carbons (Fsp3) is 0.480. The molecule has 0 spiro atoms.